The second-order valence-electron chi connectivity index (χ2n) is 6.79. The van der Waals surface area contributed by atoms with Crippen molar-refractivity contribution in [1.82, 2.24) is 15.2 Å². The van der Waals surface area contributed by atoms with Gasteiger partial charge in [-0.3, -0.25) is 15.0 Å². The minimum absolute atomic E-state index is 0.0549. The van der Waals surface area contributed by atoms with Crippen LogP contribution in [0.4, 0.5) is 10.6 Å². The summed E-state index contributed by atoms with van der Waals surface area (Å²) in [4.78, 5) is 30.0. The van der Waals surface area contributed by atoms with E-state index in [1.807, 2.05) is 60.5 Å². The molecule has 0 saturated heterocycles. The molecule has 0 aliphatic heterocycles. The van der Waals surface area contributed by atoms with E-state index in [0.717, 1.165) is 16.3 Å². The molecule has 3 rings (SSSR count). The van der Waals surface area contributed by atoms with Gasteiger partial charge in [-0.15, -0.1) is 0 Å². The van der Waals surface area contributed by atoms with Crippen LogP contribution in [-0.2, 0) is 16.1 Å². The van der Waals surface area contributed by atoms with Crippen LogP contribution >= 0.6 is 11.6 Å². The van der Waals surface area contributed by atoms with Gasteiger partial charge in [-0.2, -0.15) is 0 Å². The second-order valence-corrected chi connectivity index (χ2v) is 7.20. The molecule has 2 aromatic carbocycles. The van der Waals surface area contributed by atoms with Crippen molar-refractivity contribution < 1.29 is 14.3 Å². The van der Waals surface area contributed by atoms with E-state index in [4.69, 9.17) is 16.3 Å². The minimum atomic E-state index is -0.622. The Morgan fingerprint density at radius 3 is 2.63 bits per heavy atom. The van der Waals surface area contributed by atoms with Crippen LogP contribution in [0.3, 0.4) is 0 Å². The van der Waals surface area contributed by atoms with E-state index in [2.05, 4.69) is 15.6 Å². The summed E-state index contributed by atoms with van der Waals surface area (Å²) in [6.07, 6.45) is 1.06. The van der Waals surface area contributed by atoms with Crippen LogP contribution in [0.5, 0.6) is 0 Å². The number of likely N-dealkylation sites (N-methyl/N-ethyl adjacent to an activating group) is 1. The number of ether oxygens (including phenoxy) is 1. The zero-order valence-electron chi connectivity index (χ0n) is 16.6. The Labute approximate surface area is 180 Å². The van der Waals surface area contributed by atoms with Gasteiger partial charge in [-0.25, -0.2) is 9.78 Å². The summed E-state index contributed by atoms with van der Waals surface area (Å²) in [6, 6.07) is 17.0. The third-order valence-corrected chi connectivity index (χ3v) is 4.70. The zero-order chi connectivity index (χ0) is 21.3. The maximum Gasteiger partial charge on any atom is 0.412 e. The molecule has 0 aliphatic carbocycles. The summed E-state index contributed by atoms with van der Waals surface area (Å²) in [5, 5.41) is 7.93. The van der Waals surface area contributed by atoms with E-state index in [9.17, 15) is 9.59 Å². The molecule has 0 saturated carbocycles. The molecular weight excluding hydrogens is 404 g/mol. The van der Waals surface area contributed by atoms with Gasteiger partial charge >= 0.3 is 6.09 Å². The lowest BCUT2D eigenvalue weighted by Gasteiger charge is -2.17. The van der Waals surface area contributed by atoms with Gasteiger partial charge in [-0.1, -0.05) is 54.1 Å². The van der Waals surface area contributed by atoms with Gasteiger partial charge in [0.2, 0.25) is 5.91 Å². The fourth-order valence-corrected chi connectivity index (χ4v) is 3.10. The largest absolute Gasteiger partial charge is 0.447 e. The Hall–Kier alpha value is -3.16. The van der Waals surface area contributed by atoms with Gasteiger partial charge in [0.25, 0.3) is 0 Å². The number of anilines is 1. The summed E-state index contributed by atoms with van der Waals surface area (Å²) >= 11 is 6.14. The van der Waals surface area contributed by atoms with Crippen LogP contribution in [-0.4, -0.2) is 48.6 Å². The lowest BCUT2D eigenvalue weighted by Crippen LogP contribution is -2.36. The molecule has 0 aliphatic rings. The van der Waals surface area contributed by atoms with E-state index in [0.29, 0.717) is 17.4 Å². The van der Waals surface area contributed by atoms with Crippen molar-refractivity contribution in [3.8, 4) is 0 Å². The number of nitrogens with one attached hydrogen (secondary N) is 2. The topological polar surface area (TPSA) is 83.6 Å². The highest BCUT2D eigenvalue weighted by molar-refractivity contribution is 6.31. The Morgan fingerprint density at radius 2 is 1.83 bits per heavy atom. The molecular formula is C22H23ClN4O3. The van der Waals surface area contributed by atoms with Crippen molar-refractivity contribution in [3.63, 3.8) is 0 Å². The normalized spacial score (nSPS) is 10.8. The average molecular weight is 427 g/mol. The number of fused-ring (bicyclic) bond motifs is 1. The number of pyridine rings is 1. The van der Waals surface area contributed by atoms with Gasteiger partial charge < -0.3 is 10.1 Å². The van der Waals surface area contributed by atoms with E-state index >= 15 is 0 Å². The maximum absolute atomic E-state index is 12.0. The molecule has 156 valence electrons. The van der Waals surface area contributed by atoms with Gasteiger partial charge in [0.1, 0.15) is 12.4 Å². The highest BCUT2D eigenvalue weighted by Gasteiger charge is 2.09. The molecule has 8 heteroatoms. The summed E-state index contributed by atoms with van der Waals surface area (Å²) < 4.78 is 5.09. The predicted molar refractivity (Wildman–Crippen MR) is 118 cm³/mol. The fourth-order valence-electron chi connectivity index (χ4n) is 2.90. The lowest BCUT2D eigenvalue weighted by molar-refractivity contribution is -0.122. The monoisotopic (exact) mass is 426 g/mol. The molecule has 3 aromatic rings. The molecule has 0 spiro atoms. The van der Waals surface area contributed by atoms with Crippen molar-refractivity contribution in [1.29, 1.82) is 0 Å². The number of aromatic nitrogens is 1. The summed E-state index contributed by atoms with van der Waals surface area (Å²) in [6.45, 7) is 1.04. The smallest absolute Gasteiger partial charge is 0.412 e. The predicted octanol–water partition coefficient (Wildman–Crippen LogP) is 3.68. The lowest BCUT2D eigenvalue weighted by atomic mass is 10.2. The first kappa shape index (κ1) is 21.5. The summed E-state index contributed by atoms with van der Waals surface area (Å²) in [7, 11) is 1.84. The second kappa shape index (κ2) is 10.6. The Balaban J connectivity index is 1.35. The number of rotatable bonds is 8. The molecule has 2 amide bonds. The van der Waals surface area contributed by atoms with Crippen LogP contribution in [0.2, 0.25) is 5.02 Å². The van der Waals surface area contributed by atoms with Gasteiger partial charge in [0, 0.05) is 23.2 Å². The number of nitrogens with zero attached hydrogens (tertiary/aromatic N) is 2. The first-order valence-electron chi connectivity index (χ1n) is 9.48. The molecule has 0 unspecified atom stereocenters. The number of carbonyl (C=O) groups excluding carboxylic acids is 2. The van der Waals surface area contributed by atoms with E-state index in [-0.39, 0.29) is 25.6 Å². The number of amides is 2. The maximum atomic E-state index is 12.0. The van der Waals surface area contributed by atoms with Crippen molar-refractivity contribution in [2.45, 2.75) is 6.54 Å². The Bertz CT molecular complexity index is 1030. The quantitative estimate of drug-likeness (QED) is 0.537. The molecule has 30 heavy (non-hydrogen) atoms. The molecule has 7 nitrogen and oxygen atoms in total. The molecule has 0 bridgehead atoms. The number of hydrogen-bond donors (Lipinski definition) is 2. The first-order chi connectivity index (χ1) is 14.5. The van der Waals surface area contributed by atoms with Crippen molar-refractivity contribution in [3.05, 3.63) is 71.4 Å². The van der Waals surface area contributed by atoms with Crippen LogP contribution in [0.25, 0.3) is 10.8 Å². The van der Waals surface area contributed by atoms with Gasteiger partial charge in [-0.05, 0) is 30.1 Å². The zero-order valence-corrected chi connectivity index (χ0v) is 17.4. The Kier molecular flexibility index (Phi) is 7.59. The SMILES string of the molecule is CN(CC(=O)NCCOC(=O)Nc1cc2ccccc2cn1)Cc1ccccc1Cl. The number of hydrogen-bond acceptors (Lipinski definition) is 5. The summed E-state index contributed by atoms with van der Waals surface area (Å²) in [5.41, 5.74) is 0.955. The van der Waals surface area contributed by atoms with Crippen molar-refractivity contribution in [2.24, 2.45) is 0 Å². The molecule has 0 radical (unpaired) electrons. The number of benzene rings is 2. The molecule has 1 heterocycles. The molecule has 0 fully saturated rings. The standard InChI is InChI=1S/C22H23ClN4O3/c1-27(14-18-8-4-5-9-19(18)23)15-21(28)24-10-11-30-22(29)26-20-12-16-6-2-3-7-17(16)13-25-20/h2-9,12-13H,10-11,14-15H2,1H3,(H,24,28)(H,25,26,29). The minimum Gasteiger partial charge on any atom is -0.447 e. The van der Waals surface area contributed by atoms with Crippen molar-refractivity contribution in [2.75, 3.05) is 32.1 Å². The van der Waals surface area contributed by atoms with Crippen LogP contribution in [0.15, 0.2) is 60.8 Å². The number of halogens is 1. The van der Waals surface area contributed by atoms with Crippen LogP contribution in [0.1, 0.15) is 5.56 Å². The third-order valence-electron chi connectivity index (χ3n) is 4.33. The average Bonchev–Trinajstić information content (AvgIpc) is 2.73. The van der Waals surface area contributed by atoms with E-state index in [1.54, 1.807) is 12.3 Å². The molecule has 2 N–H and O–H groups in total. The highest BCUT2D eigenvalue weighted by atomic mass is 35.5. The van der Waals surface area contributed by atoms with Crippen LogP contribution in [0, 0.1) is 0 Å². The molecule has 0 atom stereocenters. The van der Waals surface area contributed by atoms with E-state index < -0.39 is 6.09 Å². The fraction of sp³-hybridized carbons (Fsp3) is 0.227. The Morgan fingerprint density at radius 1 is 1.10 bits per heavy atom. The van der Waals surface area contributed by atoms with Gasteiger partial charge in [0.15, 0.2) is 0 Å². The molecule has 1 aromatic heterocycles. The number of carbonyl (C=O) groups is 2. The van der Waals surface area contributed by atoms with Crippen LogP contribution < -0.4 is 10.6 Å². The van der Waals surface area contributed by atoms with E-state index in [1.165, 1.54) is 0 Å². The highest BCUT2D eigenvalue weighted by Crippen LogP contribution is 2.17. The third kappa shape index (κ3) is 6.43. The summed E-state index contributed by atoms with van der Waals surface area (Å²) in [5.74, 6) is 0.244. The first-order valence-corrected chi connectivity index (χ1v) is 9.86. The van der Waals surface area contributed by atoms with Gasteiger partial charge in [0.05, 0.1) is 13.1 Å². The van der Waals surface area contributed by atoms with Crippen molar-refractivity contribution >= 4 is 40.2 Å².